The number of likely N-dealkylation sites (N-methyl/N-ethyl adjacent to an activating group) is 1. The van der Waals surface area contributed by atoms with E-state index in [-0.39, 0.29) is 31.2 Å². The first-order chi connectivity index (χ1) is 10.7. The second-order valence-electron chi connectivity index (χ2n) is 6.40. The van der Waals surface area contributed by atoms with Crippen molar-refractivity contribution in [3.8, 4) is 0 Å². The summed E-state index contributed by atoms with van der Waals surface area (Å²) in [5, 5.41) is 3.24. The monoisotopic (exact) mass is 340 g/mol. The Balaban J connectivity index is 2.16. The molecule has 0 aliphatic carbocycles. The van der Waals surface area contributed by atoms with E-state index in [1.54, 1.807) is 11.9 Å². The van der Waals surface area contributed by atoms with E-state index in [0.29, 0.717) is 19.1 Å². The van der Waals surface area contributed by atoms with Crippen LogP contribution in [0.2, 0.25) is 0 Å². The zero-order valence-electron chi connectivity index (χ0n) is 14.0. The first-order valence-electron chi connectivity index (χ1n) is 7.99. The van der Waals surface area contributed by atoms with E-state index in [2.05, 4.69) is 10.1 Å². The third-order valence-electron chi connectivity index (χ3n) is 3.68. The first kappa shape index (κ1) is 20.2. The quantitative estimate of drug-likeness (QED) is 0.652. The molecule has 1 rings (SSSR count). The van der Waals surface area contributed by atoms with Crippen molar-refractivity contribution < 1.29 is 27.4 Å². The lowest BCUT2D eigenvalue weighted by molar-refractivity contribution is -0.324. The number of nitrogens with one attached hydrogen (secondary N) is 1. The molecule has 0 amide bonds. The fourth-order valence-corrected chi connectivity index (χ4v) is 2.39. The van der Waals surface area contributed by atoms with E-state index in [4.69, 9.17) is 4.74 Å². The van der Waals surface area contributed by atoms with Crippen molar-refractivity contribution >= 4 is 5.97 Å². The average molecular weight is 340 g/mol. The van der Waals surface area contributed by atoms with Crippen LogP contribution in [0, 0.1) is 5.92 Å². The smallest absolute Gasteiger partial charge is 0.464 e. The second-order valence-corrected chi connectivity index (χ2v) is 6.40. The maximum absolute atomic E-state index is 11.9. The molecule has 0 spiro atoms. The Morgan fingerprint density at radius 2 is 2.00 bits per heavy atom. The zero-order valence-corrected chi connectivity index (χ0v) is 14.0. The Hall–Kier alpha value is -0.860. The topological polar surface area (TPSA) is 50.8 Å². The lowest BCUT2D eigenvalue weighted by Gasteiger charge is -2.20. The Labute approximate surface area is 135 Å². The van der Waals surface area contributed by atoms with E-state index in [1.165, 1.54) is 0 Å². The van der Waals surface area contributed by atoms with Crippen molar-refractivity contribution in [2.45, 2.75) is 51.6 Å². The molecule has 0 aromatic carbocycles. The number of hydrogen-bond donors (Lipinski definition) is 1. The van der Waals surface area contributed by atoms with Gasteiger partial charge in [-0.15, -0.1) is 13.2 Å². The molecule has 0 saturated carbocycles. The summed E-state index contributed by atoms with van der Waals surface area (Å²) in [5.74, 6) is 0.0943. The highest BCUT2D eigenvalue weighted by atomic mass is 19.4. The van der Waals surface area contributed by atoms with Crippen LogP contribution in [0.3, 0.4) is 0 Å². The normalized spacial score (nSPS) is 22.1. The van der Waals surface area contributed by atoms with Crippen LogP contribution in [0.15, 0.2) is 0 Å². The van der Waals surface area contributed by atoms with Crippen molar-refractivity contribution in [3.63, 3.8) is 0 Å². The Morgan fingerprint density at radius 1 is 1.30 bits per heavy atom. The van der Waals surface area contributed by atoms with Gasteiger partial charge in [0.1, 0.15) is 6.04 Å². The van der Waals surface area contributed by atoms with Gasteiger partial charge in [0.2, 0.25) is 0 Å². The van der Waals surface area contributed by atoms with Crippen LogP contribution in [0.5, 0.6) is 0 Å². The Bertz CT molecular complexity index is 364. The number of rotatable bonds is 9. The van der Waals surface area contributed by atoms with Crippen molar-refractivity contribution in [2.75, 3.05) is 33.4 Å². The number of ether oxygens (including phenoxy) is 2. The van der Waals surface area contributed by atoms with Crippen LogP contribution >= 0.6 is 0 Å². The van der Waals surface area contributed by atoms with Crippen molar-refractivity contribution in [3.05, 3.63) is 0 Å². The van der Waals surface area contributed by atoms with Gasteiger partial charge < -0.3 is 15.0 Å². The van der Waals surface area contributed by atoms with Gasteiger partial charge in [-0.05, 0) is 38.8 Å². The van der Waals surface area contributed by atoms with Gasteiger partial charge in [-0.25, -0.2) is 0 Å². The van der Waals surface area contributed by atoms with E-state index < -0.39 is 6.36 Å². The third-order valence-corrected chi connectivity index (χ3v) is 3.68. The molecule has 1 aliphatic rings. The molecular weight excluding hydrogens is 313 g/mol. The van der Waals surface area contributed by atoms with Crippen molar-refractivity contribution in [2.24, 2.45) is 5.92 Å². The summed E-state index contributed by atoms with van der Waals surface area (Å²) in [7, 11) is 1.75. The van der Waals surface area contributed by atoms with Gasteiger partial charge in [0.05, 0.1) is 13.2 Å². The van der Waals surface area contributed by atoms with Gasteiger partial charge in [0.25, 0.3) is 0 Å². The number of nitrogens with zero attached hydrogens (tertiary/aromatic N) is 1. The molecule has 0 aromatic rings. The summed E-state index contributed by atoms with van der Waals surface area (Å²) in [6.07, 6.45) is -2.19. The van der Waals surface area contributed by atoms with Crippen LogP contribution in [0.4, 0.5) is 13.2 Å². The fourth-order valence-electron chi connectivity index (χ4n) is 2.39. The lowest BCUT2D eigenvalue weighted by Crippen LogP contribution is -2.38. The number of carbonyl (C=O) groups excluding carboxylic acids is 1. The minimum absolute atomic E-state index is 0.192. The third kappa shape index (κ3) is 9.12. The van der Waals surface area contributed by atoms with Crippen LogP contribution in [0.25, 0.3) is 0 Å². The highest BCUT2D eigenvalue weighted by Crippen LogP contribution is 2.17. The first-order valence-corrected chi connectivity index (χ1v) is 7.99. The minimum atomic E-state index is -4.57. The van der Waals surface area contributed by atoms with Gasteiger partial charge in [-0.3, -0.25) is 9.53 Å². The predicted molar refractivity (Wildman–Crippen MR) is 79.9 cm³/mol. The molecule has 1 heterocycles. The maximum atomic E-state index is 11.9. The standard InChI is InChI=1S/C15H27F3N2O3/c1-11(2)10-22-14(21)13-5-4-12(19-13)6-7-20(3)8-9-23-15(16,17)18/h11-13,19H,4-10H2,1-3H3. The molecule has 23 heavy (non-hydrogen) atoms. The number of hydrogen-bond acceptors (Lipinski definition) is 5. The van der Waals surface area contributed by atoms with E-state index >= 15 is 0 Å². The van der Waals surface area contributed by atoms with Gasteiger partial charge in [0, 0.05) is 12.6 Å². The van der Waals surface area contributed by atoms with Gasteiger partial charge >= 0.3 is 12.3 Å². The summed E-state index contributed by atoms with van der Waals surface area (Å²) in [6.45, 7) is 4.87. The summed E-state index contributed by atoms with van der Waals surface area (Å²) < 4.78 is 44.6. The van der Waals surface area contributed by atoms with E-state index in [9.17, 15) is 18.0 Å². The van der Waals surface area contributed by atoms with Gasteiger partial charge in [-0.2, -0.15) is 0 Å². The van der Waals surface area contributed by atoms with Crippen LogP contribution in [0.1, 0.15) is 33.1 Å². The molecule has 2 unspecified atom stereocenters. The second kappa shape index (κ2) is 9.44. The maximum Gasteiger partial charge on any atom is 0.522 e. The molecule has 0 aromatic heterocycles. The largest absolute Gasteiger partial charge is 0.522 e. The SMILES string of the molecule is CC(C)COC(=O)C1CCC(CCN(C)CCOC(F)(F)F)N1. The molecule has 1 aliphatic heterocycles. The molecule has 0 bridgehead atoms. The Morgan fingerprint density at radius 3 is 2.61 bits per heavy atom. The summed E-state index contributed by atoms with van der Waals surface area (Å²) in [5.41, 5.74) is 0. The summed E-state index contributed by atoms with van der Waals surface area (Å²) >= 11 is 0. The molecule has 1 N–H and O–H groups in total. The molecule has 1 saturated heterocycles. The average Bonchev–Trinajstić information content (AvgIpc) is 2.90. The van der Waals surface area contributed by atoms with Crippen molar-refractivity contribution in [1.29, 1.82) is 0 Å². The molecule has 2 atom stereocenters. The highest BCUT2D eigenvalue weighted by Gasteiger charge is 2.30. The van der Waals surface area contributed by atoms with Gasteiger partial charge in [-0.1, -0.05) is 13.8 Å². The fraction of sp³-hybridized carbons (Fsp3) is 0.933. The molecule has 0 radical (unpaired) electrons. The summed E-state index contributed by atoms with van der Waals surface area (Å²) in [6, 6.07) is -0.0739. The minimum Gasteiger partial charge on any atom is -0.464 e. The molecule has 136 valence electrons. The van der Waals surface area contributed by atoms with Gasteiger partial charge in [0.15, 0.2) is 0 Å². The van der Waals surface area contributed by atoms with E-state index in [1.807, 2.05) is 13.8 Å². The lowest BCUT2D eigenvalue weighted by atomic mass is 10.1. The van der Waals surface area contributed by atoms with E-state index in [0.717, 1.165) is 19.3 Å². The molecule has 1 fully saturated rings. The number of carbonyl (C=O) groups is 1. The molecule has 8 heteroatoms. The summed E-state index contributed by atoms with van der Waals surface area (Å²) in [4.78, 5) is 13.6. The number of esters is 1. The Kier molecular flexibility index (Phi) is 8.28. The highest BCUT2D eigenvalue weighted by molar-refractivity contribution is 5.76. The van der Waals surface area contributed by atoms with Crippen LogP contribution < -0.4 is 5.32 Å². The van der Waals surface area contributed by atoms with Crippen LogP contribution in [-0.2, 0) is 14.3 Å². The molecular formula is C15H27F3N2O3. The zero-order chi connectivity index (χ0) is 17.5. The molecule has 5 nitrogen and oxygen atoms in total. The number of halogens is 3. The van der Waals surface area contributed by atoms with Crippen LogP contribution in [-0.4, -0.2) is 62.7 Å². The van der Waals surface area contributed by atoms with Crippen molar-refractivity contribution in [1.82, 2.24) is 10.2 Å². The predicted octanol–water partition coefficient (Wildman–Crippen LogP) is 2.16. The number of alkyl halides is 3.